The largest absolute Gasteiger partial charge is 0.383 e. The van der Waals surface area contributed by atoms with Crippen LogP contribution in [0, 0.1) is 22.7 Å². The number of ether oxygens (including phenoxy) is 1. The quantitative estimate of drug-likeness (QED) is 0.812. The summed E-state index contributed by atoms with van der Waals surface area (Å²) < 4.78 is 5.22. The number of nitrogens with zero attached hydrogens (tertiary/aromatic N) is 3. The van der Waals surface area contributed by atoms with Crippen molar-refractivity contribution in [2.45, 2.75) is 18.9 Å². The number of benzene rings is 1. The predicted molar refractivity (Wildman–Crippen MR) is 68.1 cm³/mol. The second kappa shape index (κ2) is 5.53. The maximum atomic E-state index is 9.04. The normalized spacial score (nSPS) is 18.4. The Balaban J connectivity index is 2.29. The van der Waals surface area contributed by atoms with E-state index >= 15 is 0 Å². The molecule has 1 aromatic carbocycles. The van der Waals surface area contributed by atoms with Crippen molar-refractivity contribution in [3.63, 3.8) is 0 Å². The Kier molecular flexibility index (Phi) is 3.82. The molecule has 0 bridgehead atoms. The fourth-order valence-electron chi connectivity index (χ4n) is 2.44. The zero-order valence-corrected chi connectivity index (χ0v) is 10.4. The van der Waals surface area contributed by atoms with E-state index in [0.29, 0.717) is 23.8 Å². The van der Waals surface area contributed by atoms with E-state index in [0.717, 1.165) is 25.1 Å². The van der Waals surface area contributed by atoms with E-state index in [-0.39, 0.29) is 0 Å². The first-order valence-corrected chi connectivity index (χ1v) is 6.00. The Morgan fingerprint density at radius 3 is 2.78 bits per heavy atom. The van der Waals surface area contributed by atoms with Gasteiger partial charge in [0, 0.05) is 19.3 Å². The molecule has 0 radical (unpaired) electrons. The van der Waals surface area contributed by atoms with Gasteiger partial charge in [-0.2, -0.15) is 10.5 Å². The third kappa shape index (κ3) is 2.30. The van der Waals surface area contributed by atoms with Gasteiger partial charge in [-0.15, -0.1) is 0 Å². The van der Waals surface area contributed by atoms with E-state index < -0.39 is 0 Å². The molecule has 0 amide bonds. The summed E-state index contributed by atoms with van der Waals surface area (Å²) in [5, 5.41) is 17.9. The first-order chi connectivity index (χ1) is 8.80. The van der Waals surface area contributed by atoms with Gasteiger partial charge in [-0.3, -0.25) is 0 Å². The Hall–Kier alpha value is -2.04. The van der Waals surface area contributed by atoms with Crippen molar-refractivity contribution in [3.8, 4) is 12.1 Å². The lowest BCUT2D eigenvalue weighted by atomic mass is 10.1. The monoisotopic (exact) mass is 241 g/mol. The van der Waals surface area contributed by atoms with Crippen LogP contribution < -0.4 is 4.90 Å². The smallest absolute Gasteiger partial charge is 0.101 e. The Morgan fingerprint density at radius 2 is 2.11 bits per heavy atom. The molecule has 0 aromatic heterocycles. The van der Waals surface area contributed by atoms with E-state index in [1.807, 2.05) is 12.1 Å². The van der Waals surface area contributed by atoms with Gasteiger partial charge in [0.25, 0.3) is 0 Å². The third-order valence-corrected chi connectivity index (χ3v) is 3.31. The number of nitriles is 2. The fourth-order valence-corrected chi connectivity index (χ4v) is 2.44. The molecule has 0 saturated carbocycles. The minimum atomic E-state index is 0.370. The van der Waals surface area contributed by atoms with Crippen LogP contribution in [0.3, 0.4) is 0 Å². The predicted octanol–water partition coefficient (Wildman–Crippen LogP) is 2.05. The molecule has 4 nitrogen and oxygen atoms in total. The van der Waals surface area contributed by atoms with Crippen LogP contribution in [0.2, 0.25) is 0 Å². The van der Waals surface area contributed by atoms with Crippen LogP contribution in [0.1, 0.15) is 24.0 Å². The number of methoxy groups -OCH3 is 1. The summed E-state index contributed by atoms with van der Waals surface area (Å²) in [6.07, 6.45) is 2.24. The molecule has 1 aliphatic rings. The molecule has 1 saturated heterocycles. The van der Waals surface area contributed by atoms with Crippen LogP contribution in [-0.4, -0.2) is 26.3 Å². The average Bonchev–Trinajstić information content (AvgIpc) is 2.86. The molecule has 0 N–H and O–H groups in total. The Bertz CT molecular complexity index is 513. The molecule has 1 aromatic rings. The zero-order valence-electron chi connectivity index (χ0n) is 10.4. The van der Waals surface area contributed by atoms with Gasteiger partial charge in [0.15, 0.2) is 0 Å². The summed E-state index contributed by atoms with van der Waals surface area (Å²) in [4.78, 5) is 2.26. The fraction of sp³-hybridized carbons (Fsp3) is 0.429. The second-order valence-corrected chi connectivity index (χ2v) is 4.40. The van der Waals surface area contributed by atoms with Crippen molar-refractivity contribution >= 4 is 5.69 Å². The molecule has 0 spiro atoms. The number of anilines is 1. The molecule has 1 aliphatic heterocycles. The van der Waals surface area contributed by atoms with Crippen LogP contribution in [0.25, 0.3) is 0 Å². The van der Waals surface area contributed by atoms with Crippen molar-refractivity contribution < 1.29 is 4.74 Å². The maximum Gasteiger partial charge on any atom is 0.101 e. The van der Waals surface area contributed by atoms with Gasteiger partial charge in [0.1, 0.15) is 12.1 Å². The first-order valence-electron chi connectivity index (χ1n) is 6.00. The maximum absolute atomic E-state index is 9.04. The highest BCUT2D eigenvalue weighted by Gasteiger charge is 2.25. The lowest BCUT2D eigenvalue weighted by Crippen LogP contribution is -2.32. The van der Waals surface area contributed by atoms with Crippen molar-refractivity contribution in [2.75, 3.05) is 25.2 Å². The van der Waals surface area contributed by atoms with Crippen LogP contribution in [-0.2, 0) is 4.74 Å². The van der Waals surface area contributed by atoms with Gasteiger partial charge in [-0.25, -0.2) is 0 Å². The highest BCUT2D eigenvalue weighted by molar-refractivity contribution is 5.58. The lowest BCUT2D eigenvalue weighted by molar-refractivity contribution is 0.181. The van der Waals surface area contributed by atoms with Gasteiger partial charge in [0.05, 0.1) is 23.8 Å². The summed E-state index contributed by atoms with van der Waals surface area (Å²) in [5.74, 6) is 0. The highest BCUT2D eigenvalue weighted by Crippen LogP contribution is 2.27. The third-order valence-electron chi connectivity index (χ3n) is 3.31. The summed E-state index contributed by atoms with van der Waals surface area (Å²) in [6.45, 7) is 1.67. The van der Waals surface area contributed by atoms with Gasteiger partial charge in [-0.05, 0) is 31.0 Å². The van der Waals surface area contributed by atoms with E-state index in [1.54, 1.807) is 19.2 Å². The van der Waals surface area contributed by atoms with E-state index in [2.05, 4.69) is 11.0 Å². The molecule has 92 valence electrons. The average molecular weight is 241 g/mol. The summed E-state index contributed by atoms with van der Waals surface area (Å²) >= 11 is 0. The van der Waals surface area contributed by atoms with Crippen LogP contribution in [0.5, 0.6) is 0 Å². The summed E-state index contributed by atoms with van der Waals surface area (Å²) in [5.41, 5.74) is 1.88. The first kappa shape index (κ1) is 12.4. The highest BCUT2D eigenvalue weighted by atomic mass is 16.5. The second-order valence-electron chi connectivity index (χ2n) is 4.40. The Labute approximate surface area is 107 Å². The molecule has 1 atom stereocenters. The van der Waals surface area contributed by atoms with Crippen molar-refractivity contribution in [2.24, 2.45) is 0 Å². The minimum absolute atomic E-state index is 0.370. The van der Waals surface area contributed by atoms with E-state index in [1.165, 1.54) is 0 Å². The van der Waals surface area contributed by atoms with Gasteiger partial charge in [-0.1, -0.05) is 0 Å². The zero-order chi connectivity index (χ0) is 13.0. The van der Waals surface area contributed by atoms with Crippen LogP contribution in [0.15, 0.2) is 18.2 Å². The summed E-state index contributed by atoms with van der Waals surface area (Å²) in [7, 11) is 1.70. The van der Waals surface area contributed by atoms with Crippen LogP contribution >= 0.6 is 0 Å². The Morgan fingerprint density at radius 1 is 1.33 bits per heavy atom. The number of hydrogen-bond acceptors (Lipinski definition) is 4. The molecule has 0 unspecified atom stereocenters. The van der Waals surface area contributed by atoms with E-state index in [9.17, 15) is 0 Å². The topological polar surface area (TPSA) is 60.0 Å². The van der Waals surface area contributed by atoms with Gasteiger partial charge in [0.2, 0.25) is 0 Å². The molecular weight excluding hydrogens is 226 g/mol. The molecular formula is C14H15N3O. The lowest BCUT2D eigenvalue weighted by Gasteiger charge is -2.26. The molecule has 4 heteroatoms. The molecule has 0 aliphatic carbocycles. The minimum Gasteiger partial charge on any atom is -0.383 e. The van der Waals surface area contributed by atoms with E-state index in [4.69, 9.17) is 15.3 Å². The molecule has 18 heavy (non-hydrogen) atoms. The van der Waals surface area contributed by atoms with Crippen molar-refractivity contribution in [1.29, 1.82) is 10.5 Å². The standard InChI is InChI=1S/C14H15N3O/c1-18-10-14-3-2-6-17(14)13-5-4-11(8-15)12(7-13)9-16/h4-5,7,14H,2-3,6,10H2,1H3/t14-/m1/s1. The van der Waals surface area contributed by atoms with Crippen molar-refractivity contribution in [3.05, 3.63) is 29.3 Å². The van der Waals surface area contributed by atoms with Crippen LogP contribution in [0.4, 0.5) is 5.69 Å². The van der Waals surface area contributed by atoms with Gasteiger partial charge < -0.3 is 9.64 Å². The SMILES string of the molecule is COC[C@H]1CCCN1c1ccc(C#N)c(C#N)c1. The summed E-state index contributed by atoms with van der Waals surface area (Å²) in [6, 6.07) is 9.91. The number of rotatable bonds is 3. The molecule has 2 rings (SSSR count). The van der Waals surface area contributed by atoms with Crippen molar-refractivity contribution in [1.82, 2.24) is 0 Å². The van der Waals surface area contributed by atoms with Gasteiger partial charge >= 0.3 is 0 Å². The number of hydrogen-bond donors (Lipinski definition) is 0. The molecule has 1 fully saturated rings. The molecule has 1 heterocycles.